The molecule has 0 saturated carbocycles. The van der Waals surface area contributed by atoms with Crippen molar-refractivity contribution in [1.82, 2.24) is 4.90 Å². The molecule has 1 aliphatic rings. The summed E-state index contributed by atoms with van der Waals surface area (Å²) in [6, 6.07) is 7.55. The average molecular weight is 554 g/mol. The van der Waals surface area contributed by atoms with E-state index >= 15 is 0 Å². The highest BCUT2D eigenvalue weighted by Crippen LogP contribution is 2.57. The number of nitrogens with zero attached hydrogens (tertiary/aromatic N) is 1. The van der Waals surface area contributed by atoms with Crippen LogP contribution in [0.4, 0.5) is 0 Å². The summed E-state index contributed by atoms with van der Waals surface area (Å²) in [4.78, 5) is 51.3. The molecular weight excluding hydrogens is 513 g/mol. The van der Waals surface area contributed by atoms with Crippen LogP contribution >= 0.6 is 7.60 Å². The summed E-state index contributed by atoms with van der Waals surface area (Å²) in [5.41, 5.74) is -1.30. The van der Waals surface area contributed by atoms with Gasteiger partial charge in [0.05, 0.1) is 11.1 Å². The summed E-state index contributed by atoms with van der Waals surface area (Å²) in [6.07, 6.45) is 1.03. The first-order valence-corrected chi connectivity index (χ1v) is 14.6. The van der Waals surface area contributed by atoms with Crippen LogP contribution in [0.15, 0.2) is 30.3 Å². The minimum Gasteiger partial charge on any atom is -0.480 e. The van der Waals surface area contributed by atoms with Gasteiger partial charge in [0.1, 0.15) is 12.1 Å². The molecule has 0 bridgehead atoms. The van der Waals surface area contributed by atoms with Crippen molar-refractivity contribution in [3.05, 3.63) is 35.9 Å². The molecule has 38 heavy (non-hydrogen) atoms. The first kappa shape index (κ1) is 31.7. The molecule has 2 rings (SSSR count). The second kappa shape index (κ2) is 14.0. The number of carboxylic acids is 1. The summed E-state index contributed by atoms with van der Waals surface area (Å²) in [7, 11) is -4.23. The number of unbranched alkanes of at least 4 members (excludes halogenated alkanes) is 1. The Balaban J connectivity index is 2.32. The topological polar surface area (TPSA) is 137 Å². The van der Waals surface area contributed by atoms with Crippen LogP contribution in [0.3, 0.4) is 0 Å². The molecule has 0 aliphatic carbocycles. The van der Waals surface area contributed by atoms with Crippen molar-refractivity contribution in [2.45, 2.75) is 90.9 Å². The molecule has 1 aliphatic heterocycles. The van der Waals surface area contributed by atoms with Gasteiger partial charge in [0.15, 0.2) is 5.78 Å². The summed E-state index contributed by atoms with van der Waals surface area (Å²) >= 11 is 0. The molecular formula is C27H40NO9P. The van der Waals surface area contributed by atoms with Crippen molar-refractivity contribution >= 4 is 31.2 Å². The number of ether oxygens (including phenoxy) is 1. The standard InChI is InChI=1S/C27H40NO9P/c1-6-7-14-21(17-23(29)20-12-9-8-10-13-20)38(34,36-18-35-26(33)27(3,4)5)37-19(2)24(30)28-16-11-15-22(28)25(31)32/h8-10,12-13,19,21-22H,6-7,11,14-18H2,1-5H3,(H,31,32)/t19?,21-,22-,38?/m0/s1. The quantitative estimate of drug-likeness (QED) is 0.145. The molecule has 1 N–H and O–H groups in total. The summed E-state index contributed by atoms with van der Waals surface area (Å²) in [6.45, 7) is 7.85. The van der Waals surface area contributed by atoms with Crippen molar-refractivity contribution < 1.29 is 42.6 Å². The van der Waals surface area contributed by atoms with Crippen molar-refractivity contribution in [2.75, 3.05) is 13.3 Å². The molecule has 212 valence electrons. The van der Waals surface area contributed by atoms with E-state index in [9.17, 15) is 28.8 Å². The van der Waals surface area contributed by atoms with Gasteiger partial charge in [-0.25, -0.2) is 4.79 Å². The maximum absolute atomic E-state index is 14.3. The Morgan fingerprint density at radius 1 is 1.16 bits per heavy atom. The molecule has 11 heteroatoms. The van der Waals surface area contributed by atoms with E-state index in [1.54, 1.807) is 51.1 Å². The number of amides is 1. The predicted molar refractivity (Wildman–Crippen MR) is 141 cm³/mol. The Morgan fingerprint density at radius 3 is 2.39 bits per heavy atom. The zero-order valence-corrected chi connectivity index (χ0v) is 23.8. The second-order valence-electron chi connectivity index (χ2n) is 10.5. The van der Waals surface area contributed by atoms with Crippen LogP contribution in [0.5, 0.6) is 0 Å². The lowest BCUT2D eigenvalue weighted by Gasteiger charge is -2.31. The van der Waals surface area contributed by atoms with E-state index < -0.39 is 55.5 Å². The number of Topliss-reactive ketones (excluding diaryl/α,β-unsaturated/α-hetero) is 1. The first-order valence-electron chi connectivity index (χ1n) is 13.0. The number of hydrogen-bond donors (Lipinski definition) is 1. The molecule has 1 saturated heterocycles. The van der Waals surface area contributed by atoms with Crippen LogP contribution in [0.1, 0.15) is 83.5 Å². The van der Waals surface area contributed by atoms with E-state index in [-0.39, 0.29) is 18.7 Å². The van der Waals surface area contributed by atoms with Gasteiger partial charge in [-0.05, 0) is 47.0 Å². The number of benzene rings is 1. The zero-order chi connectivity index (χ0) is 28.5. The van der Waals surface area contributed by atoms with Crippen LogP contribution in [0, 0.1) is 5.41 Å². The molecule has 10 nitrogen and oxygen atoms in total. The average Bonchev–Trinajstić information content (AvgIpc) is 3.36. The summed E-state index contributed by atoms with van der Waals surface area (Å²) in [5, 5.41) is 9.47. The van der Waals surface area contributed by atoms with Gasteiger partial charge in [-0.2, -0.15) is 0 Å². The minimum atomic E-state index is -4.23. The smallest absolute Gasteiger partial charge is 0.337 e. The van der Waals surface area contributed by atoms with Gasteiger partial charge in [-0.3, -0.25) is 28.0 Å². The van der Waals surface area contributed by atoms with Crippen molar-refractivity contribution in [2.24, 2.45) is 5.41 Å². The van der Waals surface area contributed by atoms with Crippen LogP contribution in [0.25, 0.3) is 0 Å². The van der Waals surface area contributed by atoms with Gasteiger partial charge in [0.25, 0.3) is 5.91 Å². The van der Waals surface area contributed by atoms with Crippen molar-refractivity contribution in [1.29, 1.82) is 0 Å². The minimum absolute atomic E-state index is 0.170. The highest BCUT2D eigenvalue weighted by molar-refractivity contribution is 7.54. The monoisotopic (exact) mass is 553 g/mol. The van der Waals surface area contributed by atoms with Crippen molar-refractivity contribution in [3.8, 4) is 0 Å². The molecule has 2 unspecified atom stereocenters. The number of esters is 1. The molecule has 1 aromatic carbocycles. The summed E-state index contributed by atoms with van der Waals surface area (Å²) in [5.74, 6) is -2.60. The fourth-order valence-electron chi connectivity index (χ4n) is 4.15. The molecule has 0 radical (unpaired) electrons. The normalized spacial score (nSPS) is 18.9. The third kappa shape index (κ3) is 8.75. The lowest BCUT2D eigenvalue weighted by Crippen LogP contribution is -2.45. The third-order valence-electron chi connectivity index (χ3n) is 6.36. The van der Waals surface area contributed by atoms with Crippen LogP contribution in [0.2, 0.25) is 0 Å². The van der Waals surface area contributed by atoms with Gasteiger partial charge in [0, 0.05) is 18.5 Å². The molecule has 0 aromatic heterocycles. The number of carbonyl (C=O) groups is 4. The Kier molecular flexibility index (Phi) is 11.7. The SMILES string of the molecule is CCCC[C@@H](CC(=O)c1ccccc1)P(=O)(OCOC(=O)C(C)(C)C)OC(C)C(=O)N1CCC[C@H]1C(=O)O. The second-order valence-corrected chi connectivity index (χ2v) is 12.8. The number of ketones is 1. The number of hydrogen-bond acceptors (Lipinski definition) is 8. The van der Waals surface area contributed by atoms with E-state index in [1.807, 2.05) is 6.92 Å². The Bertz CT molecular complexity index is 1020. The number of carbonyl (C=O) groups excluding carboxylic acids is 3. The molecule has 0 spiro atoms. The fraction of sp³-hybridized carbons (Fsp3) is 0.630. The van der Waals surface area contributed by atoms with E-state index in [0.29, 0.717) is 31.2 Å². The molecule has 4 atom stereocenters. The number of rotatable bonds is 14. The Morgan fingerprint density at radius 2 is 1.82 bits per heavy atom. The first-order chi connectivity index (χ1) is 17.8. The zero-order valence-electron chi connectivity index (χ0n) is 22.9. The largest absolute Gasteiger partial charge is 0.480 e. The van der Waals surface area contributed by atoms with Gasteiger partial charge in [0.2, 0.25) is 6.79 Å². The molecule has 1 fully saturated rings. The van der Waals surface area contributed by atoms with E-state index in [1.165, 1.54) is 11.8 Å². The summed E-state index contributed by atoms with van der Waals surface area (Å²) < 4.78 is 30.9. The van der Waals surface area contributed by atoms with E-state index in [2.05, 4.69) is 0 Å². The van der Waals surface area contributed by atoms with Crippen LogP contribution < -0.4 is 0 Å². The Labute approximate surface area is 224 Å². The molecule has 1 aromatic rings. The number of aliphatic carboxylic acids is 1. The maximum atomic E-state index is 14.3. The third-order valence-corrected chi connectivity index (χ3v) is 8.77. The van der Waals surface area contributed by atoms with Gasteiger partial charge in [-0.15, -0.1) is 0 Å². The number of likely N-dealkylation sites (tertiary alicyclic amines) is 1. The van der Waals surface area contributed by atoms with Gasteiger partial charge < -0.3 is 14.7 Å². The Hall–Kier alpha value is -2.55. The van der Waals surface area contributed by atoms with E-state index in [4.69, 9.17) is 13.8 Å². The van der Waals surface area contributed by atoms with Gasteiger partial charge >= 0.3 is 19.5 Å². The maximum Gasteiger partial charge on any atom is 0.337 e. The van der Waals surface area contributed by atoms with Crippen LogP contribution in [-0.4, -0.2) is 64.8 Å². The lowest BCUT2D eigenvalue weighted by atomic mass is 9.98. The predicted octanol–water partition coefficient (Wildman–Crippen LogP) is 5.06. The highest BCUT2D eigenvalue weighted by atomic mass is 31.2. The fourth-order valence-corrected chi connectivity index (χ4v) is 6.21. The highest BCUT2D eigenvalue weighted by Gasteiger charge is 2.43. The molecule has 1 amide bonds. The number of carboxylic acid groups (broad SMARTS) is 1. The lowest BCUT2D eigenvalue weighted by molar-refractivity contribution is -0.160. The van der Waals surface area contributed by atoms with Gasteiger partial charge in [-0.1, -0.05) is 50.1 Å². The molecule has 1 heterocycles. The van der Waals surface area contributed by atoms with Crippen molar-refractivity contribution in [3.63, 3.8) is 0 Å². The van der Waals surface area contributed by atoms with Crippen LogP contribution in [-0.2, 0) is 32.7 Å². The van der Waals surface area contributed by atoms with E-state index in [0.717, 1.165) is 6.42 Å².